The highest BCUT2D eigenvalue weighted by Gasteiger charge is 2.24. The third-order valence-electron chi connectivity index (χ3n) is 1.86. The highest BCUT2D eigenvalue weighted by molar-refractivity contribution is 5.68. The average Bonchev–Trinajstić information content (AvgIpc) is 2.81. The van der Waals surface area contributed by atoms with E-state index < -0.39 is 5.97 Å². The zero-order valence-electron chi connectivity index (χ0n) is 6.82. The molecule has 0 radical (unpaired) electrons. The van der Waals surface area contributed by atoms with Crippen LogP contribution in [0.1, 0.15) is 25.7 Å². The highest BCUT2D eigenvalue weighted by atomic mass is 16.4. The molecule has 1 unspecified atom stereocenters. The van der Waals surface area contributed by atoms with E-state index in [1.54, 1.807) is 0 Å². The summed E-state index contributed by atoms with van der Waals surface area (Å²) in [5.41, 5.74) is 0. The molecule has 2 N–H and O–H groups in total. The van der Waals surface area contributed by atoms with Gasteiger partial charge in [0.05, 0.1) is 6.04 Å². The van der Waals surface area contributed by atoms with Crippen molar-refractivity contribution in [1.82, 2.24) is 5.32 Å². The van der Waals surface area contributed by atoms with E-state index in [1.165, 1.54) is 0 Å². The Balaban J connectivity index is 2.14. The summed E-state index contributed by atoms with van der Waals surface area (Å²) >= 11 is 0. The molecule has 1 aliphatic carbocycles. The van der Waals surface area contributed by atoms with Crippen molar-refractivity contribution >= 4 is 12.3 Å². The SMILES string of the molecule is O=CC(CCC(=O)O)NC1CC1. The maximum absolute atomic E-state index is 10.4. The lowest BCUT2D eigenvalue weighted by molar-refractivity contribution is -0.137. The van der Waals surface area contributed by atoms with Crippen molar-refractivity contribution in [2.45, 2.75) is 37.8 Å². The van der Waals surface area contributed by atoms with Gasteiger partial charge in [0.2, 0.25) is 0 Å². The Labute approximate surface area is 71.0 Å². The largest absolute Gasteiger partial charge is 0.481 e. The molecule has 1 atom stereocenters. The van der Waals surface area contributed by atoms with Gasteiger partial charge in [0.15, 0.2) is 0 Å². The number of carbonyl (C=O) groups is 2. The van der Waals surface area contributed by atoms with E-state index in [9.17, 15) is 9.59 Å². The number of carboxylic acids is 1. The molecule has 0 aromatic heterocycles. The quantitative estimate of drug-likeness (QED) is 0.559. The molecule has 0 aromatic carbocycles. The fourth-order valence-electron chi connectivity index (χ4n) is 1.02. The lowest BCUT2D eigenvalue weighted by atomic mass is 10.2. The molecule has 0 aromatic rings. The van der Waals surface area contributed by atoms with Gasteiger partial charge in [0.1, 0.15) is 6.29 Å². The number of aliphatic carboxylic acids is 1. The first-order valence-corrected chi connectivity index (χ1v) is 4.15. The van der Waals surface area contributed by atoms with Crippen LogP contribution in [0.2, 0.25) is 0 Å². The second kappa shape index (κ2) is 4.21. The van der Waals surface area contributed by atoms with Crippen LogP contribution in [0.4, 0.5) is 0 Å². The molecule has 4 nitrogen and oxygen atoms in total. The van der Waals surface area contributed by atoms with Crippen molar-refractivity contribution in [1.29, 1.82) is 0 Å². The molecule has 0 bridgehead atoms. The first-order chi connectivity index (χ1) is 5.72. The van der Waals surface area contributed by atoms with Crippen LogP contribution in [0.5, 0.6) is 0 Å². The number of hydrogen-bond acceptors (Lipinski definition) is 3. The lowest BCUT2D eigenvalue weighted by Gasteiger charge is -2.09. The van der Waals surface area contributed by atoms with E-state index in [0.29, 0.717) is 12.5 Å². The molecule has 1 rings (SSSR count). The fourth-order valence-corrected chi connectivity index (χ4v) is 1.02. The van der Waals surface area contributed by atoms with Crippen LogP contribution >= 0.6 is 0 Å². The predicted octanol–water partition coefficient (Wildman–Crippen LogP) is 0.171. The molecule has 68 valence electrons. The van der Waals surface area contributed by atoms with Crippen LogP contribution in [0.15, 0.2) is 0 Å². The minimum Gasteiger partial charge on any atom is -0.481 e. The lowest BCUT2D eigenvalue weighted by Crippen LogP contribution is -2.32. The summed E-state index contributed by atoms with van der Waals surface area (Å²) in [5.74, 6) is -0.848. The molecule has 1 fully saturated rings. The Hall–Kier alpha value is -0.900. The zero-order valence-corrected chi connectivity index (χ0v) is 6.82. The molecule has 0 amide bonds. The Morgan fingerprint density at radius 1 is 1.67 bits per heavy atom. The highest BCUT2D eigenvalue weighted by Crippen LogP contribution is 2.19. The van der Waals surface area contributed by atoms with Crippen molar-refractivity contribution in [3.8, 4) is 0 Å². The summed E-state index contributed by atoms with van der Waals surface area (Å²) in [4.78, 5) is 20.6. The number of hydrogen-bond donors (Lipinski definition) is 2. The van der Waals surface area contributed by atoms with E-state index in [-0.39, 0.29) is 12.5 Å². The fraction of sp³-hybridized carbons (Fsp3) is 0.750. The molecule has 1 aliphatic rings. The van der Waals surface area contributed by atoms with E-state index in [2.05, 4.69) is 5.32 Å². The number of nitrogens with one attached hydrogen (secondary N) is 1. The van der Waals surface area contributed by atoms with Gasteiger partial charge in [-0.2, -0.15) is 0 Å². The summed E-state index contributed by atoms with van der Waals surface area (Å²) in [7, 11) is 0. The molecule has 0 heterocycles. The maximum atomic E-state index is 10.4. The van der Waals surface area contributed by atoms with Crippen molar-refractivity contribution in [3.63, 3.8) is 0 Å². The topological polar surface area (TPSA) is 66.4 Å². The first kappa shape index (κ1) is 9.19. The Bertz CT molecular complexity index is 177. The Morgan fingerprint density at radius 2 is 2.33 bits per heavy atom. The first-order valence-electron chi connectivity index (χ1n) is 4.15. The maximum Gasteiger partial charge on any atom is 0.303 e. The number of rotatable bonds is 6. The van der Waals surface area contributed by atoms with Crippen LogP contribution in [0.25, 0.3) is 0 Å². The molecular formula is C8H13NO3. The van der Waals surface area contributed by atoms with Crippen molar-refractivity contribution in [3.05, 3.63) is 0 Å². The molecule has 12 heavy (non-hydrogen) atoms. The summed E-state index contributed by atoms with van der Waals surface area (Å²) in [5, 5.41) is 11.4. The summed E-state index contributed by atoms with van der Waals surface area (Å²) in [6.07, 6.45) is 3.47. The van der Waals surface area contributed by atoms with Gasteiger partial charge < -0.3 is 15.2 Å². The van der Waals surface area contributed by atoms with Crippen LogP contribution in [-0.2, 0) is 9.59 Å². The molecule has 0 aliphatic heterocycles. The molecular weight excluding hydrogens is 158 g/mol. The Kier molecular flexibility index (Phi) is 3.22. The minimum absolute atomic E-state index is 0.0587. The summed E-state index contributed by atoms with van der Waals surface area (Å²) in [6, 6.07) is 0.183. The van der Waals surface area contributed by atoms with Gasteiger partial charge >= 0.3 is 5.97 Å². The van der Waals surface area contributed by atoms with Gasteiger partial charge in [-0.05, 0) is 19.3 Å². The molecule has 0 spiro atoms. The second-order valence-corrected chi connectivity index (χ2v) is 3.12. The number of aldehydes is 1. The van der Waals surface area contributed by atoms with E-state index in [0.717, 1.165) is 19.1 Å². The predicted molar refractivity (Wildman–Crippen MR) is 42.9 cm³/mol. The standard InChI is InChI=1S/C8H13NO3/c10-5-7(3-4-8(11)12)9-6-1-2-6/h5-7,9H,1-4H2,(H,11,12). The summed E-state index contributed by atoms with van der Waals surface area (Å²) in [6.45, 7) is 0. The Morgan fingerprint density at radius 3 is 2.75 bits per heavy atom. The minimum atomic E-state index is -0.848. The summed E-state index contributed by atoms with van der Waals surface area (Å²) < 4.78 is 0. The van der Waals surface area contributed by atoms with Crippen LogP contribution in [0, 0.1) is 0 Å². The van der Waals surface area contributed by atoms with Gasteiger partial charge in [-0.1, -0.05) is 0 Å². The zero-order chi connectivity index (χ0) is 8.97. The third kappa shape index (κ3) is 3.48. The van der Waals surface area contributed by atoms with Crippen LogP contribution in [0.3, 0.4) is 0 Å². The monoisotopic (exact) mass is 171 g/mol. The van der Waals surface area contributed by atoms with Crippen molar-refractivity contribution < 1.29 is 14.7 Å². The van der Waals surface area contributed by atoms with Crippen molar-refractivity contribution in [2.75, 3.05) is 0 Å². The van der Waals surface area contributed by atoms with Gasteiger partial charge in [0, 0.05) is 12.5 Å². The third-order valence-corrected chi connectivity index (χ3v) is 1.86. The van der Waals surface area contributed by atoms with Gasteiger partial charge in [-0.25, -0.2) is 0 Å². The van der Waals surface area contributed by atoms with E-state index >= 15 is 0 Å². The second-order valence-electron chi connectivity index (χ2n) is 3.12. The van der Waals surface area contributed by atoms with Gasteiger partial charge in [-0.3, -0.25) is 4.79 Å². The molecule has 1 saturated carbocycles. The average molecular weight is 171 g/mol. The number of carbonyl (C=O) groups excluding carboxylic acids is 1. The van der Waals surface area contributed by atoms with Crippen molar-refractivity contribution in [2.24, 2.45) is 0 Å². The molecule has 4 heteroatoms. The van der Waals surface area contributed by atoms with E-state index in [1.807, 2.05) is 0 Å². The molecule has 0 saturated heterocycles. The number of carboxylic acid groups (broad SMARTS) is 1. The van der Waals surface area contributed by atoms with Gasteiger partial charge in [0.25, 0.3) is 0 Å². The van der Waals surface area contributed by atoms with E-state index in [4.69, 9.17) is 5.11 Å². The van der Waals surface area contributed by atoms with Crippen LogP contribution in [-0.4, -0.2) is 29.4 Å². The van der Waals surface area contributed by atoms with Gasteiger partial charge in [-0.15, -0.1) is 0 Å². The smallest absolute Gasteiger partial charge is 0.303 e. The van der Waals surface area contributed by atoms with Crippen LogP contribution < -0.4 is 5.32 Å². The normalized spacial score (nSPS) is 18.7.